The van der Waals surface area contributed by atoms with Gasteiger partial charge in [0.25, 0.3) is 0 Å². The fraction of sp³-hybridized carbons (Fsp3) is 0.0769. The second-order valence-corrected chi connectivity index (χ2v) is 15.9. The molecule has 2 heteroatoms. The molecule has 4 rings (SSSR count). The van der Waals surface area contributed by atoms with E-state index in [4.69, 9.17) is 0 Å². The molecular weight excluding hydrogens is 374 g/mol. The topological polar surface area (TPSA) is 0 Å². The molecule has 0 unspecified atom stereocenters. The molecule has 0 saturated heterocycles. The quantitative estimate of drug-likeness (QED) is 0.377. The van der Waals surface area contributed by atoms with E-state index in [0.717, 1.165) is 0 Å². The SMILES string of the molecule is CC[PH](c1ccccc1)(c1ccccc1)P(c1ccccc1)c1ccccc1. The van der Waals surface area contributed by atoms with Crippen LogP contribution >= 0.6 is 14.6 Å². The van der Waals surface area contributed by atoms with E-state index in [1.807, 2.05) is 0 Å². The summed E-state index contributed by atoms with van der Waals surface area (Å²) in [6.07, 6.45) is 1.18. The average Bonchev–Trinajstić information content (AvgIpc) is 2.80. The van der Waals surface area contributed by atoms with Crippen molar-refractivity contribution in [3.05, 3.63) is 121 Å². The van der Waals surface area contributed by atoms with Crippen LogP contribution in [0, 0.1) is 0 Å². The van der Waals surface area contributed by atoms with Gasteiger partial charge in [0.15, 0.2) is 0 Å². The standard InChI is InChI=1S/C26H26P2/c1-2-28(25-19-11-5-12-20-25,26-21-13-6-14-22-26)27(23-15-7-3-8-16-23)24-17-9-4-10-18-24/h3-22,28H,2H2,1H3. The molecule has 0 aliphatic rings. The van der Waals surface area contributed by atoms with Crippen LogP contribution < -0.4 is 21.2 Å². The summed E-state index contributed by atoms with van der Waals surface area (Å²) in [4.78, 5) is 0. The van der Waals surface area contributed by atoms with Crippen LogP contribution in [0.15, 0.2) is 121 Å². The minimum atomic E-state index is -2.07. The van der Waals surface area contributed by atoms with Crippen molar-refractivity contribution in [3.8, 4) is 0 Å². The molecular formula is C26H26P2. The predicted octanol–water partition coefficient (Wildman–Crippen LogP) is 5.46. The van der Waals surface area contributed by atoms with Crippen LogP contribution in [0.4, 0.5) is 0 Å². The third kappa shape index (κ3) is 3.56. The van der Waals surface area contributed by atoms with Crippen LogP contribution in [0.1, 0.15) is 6.92 Å². The van der Waals surface area contributed by atoms with E-state index < -0.39 is 14.6 Å². The zero-order chi connectivity index (χ0) is 19.2. The molecule has 0 amide bonds. The van der Waals surface area contributed by atoms with Gasteiger partial charge in [0, 0.05) is 0 Å². The Bertz CT molecular complexity index is 905. The normalized spacial score (nSPS) is 12.1. The molecule has 0 aromatic heterocycles. The van der Waals surface area contributed by atoms with E-state index in [1.54, 1.807) is 0 Å². The molecule has 0 saturated carbocycles. The third-order valence-corrected chi connectivity index (χ3v) is 17.8. The Kier molecular flexibility index (Phi) is 6.01. The van der Waals surface area contributed by atoms with Gasteiger partial charge in [0.1, 0.15) is 0 Å². The molecule has 0 bridgehead atoms. The summed E-state index contributed by atoms with van der Waals surface area (Å²) < 4.78 is 0. The minimum absolute atomic E-state index is 0.512. The zero-order valence-corrected chi connectivity index (χ0v) is 18.1. The fourth-order valence-electron chi connectivity index (χ4n) is 4.16. The zero-order valence-electron chi connectivity index (χ0n) is 16.2. The van der Waals surface area contributed by atoms with Crippen molar-refractivity contribution in [2.75, 3.05) is 6.16 Å². The monoisotopic (exact) mass is 400 g/mol. The molecule has 0 atom stereocenters. The molecule has 28 heavy (non-hydrogen) atoms. The van der Waals surface area contributed by atoms with E-state index in [2.05, 4.69) is 128 Å². The molecule has 0 radical (unpaired) electrons. The summed E-state index contributed by atoms with van der Waals surface area (Å²) >= 11 is 0. The van der Waals surface area contributed by atoms with E-state index >= 15 is 0 Å². The van der Waals surface area contributed by atoms with E-state index in [9.17, 15) is 0 Å². The van der Waals surface area contributed by atoms with Crippen molar-refractivity contribution in [1.82, 2.24) is 0 Å². The molecule has 0 heterocycles. The molecule has 140 valence electrons. The first kappa shape index (κ1) is 19.1. The second-order valence-electron chi connectivity index (χ2n) is 6.95. The molecule has 0 aliphatic heterocycles. The summed E-state index contributed by atoms with van der Waals surface area (Å²) in [6, 6.07) is 44.9. The van der Waals surface area contributed by atoms with Crippen molar-refractivity contribution in [2.45, 2.75) is 6.92 Å². The first-order valence-electron chi connectivity index (χ1n) is 9.87. The Morgan fingerprint density at radius 1 is 0.500 bits per heavy atom. The van der Waals surface area contributed by atoms with Gasteiger partial charge < -0.3 is 0 Å². The fourth-order valence-corrected chi connectivity index (χ4v) is 16.7. The number of rotatable bonds is 6. The van der Waals surface area contributed by atoms with Gasteiger partial charge in [-0.25, -0.2) is 0 Å². The summed E-state index contributed by atoms with van der Waals surface area (Å²) in [6.45, 7) is 0.328. The van der Waals surface area contributed by atoms with Crippen LogP contribution in [0.5, 0.6) is 0 Å². The molecule has 0 spiro atoms. The van der Waals surface area contributed by atoms with E-state index in [1.165, 1.54) is 27.4 Å². The molecule has 4 aromatic rings. The molecule has 0 aliphatic carbocycles. The van der Waals surface area contributed by atoms with Gasteiger partial charge in [-0.1, -0.05) is 0 Å². The van der Waals surface area contributed by atoms with Crippen LogP contribution in [-0.2, 0) is 0 Å². The Morgan fingerprint density at radius 3 is 1.14 bits per heavy atom. The third-order valence-electron chi connectivity index (χ3n) is 5.42. The second kappa shape index (κ2) is 8.83. The molecule has 4 aromatic carbocycles. The molecule has 0 N–H and O–H groups in total. The first-order valence-corrected chi connectivity index (χ1v) is 14.3. The Balaban J connectivity index is 2.05. The maximum atomic E-state index is 2.40. The van der Waals surface area contributed by atoms with Gasteiger partial charge in [-0.3, -0.25) is 0 Å². The predicted molar refractivity (Wildman–Crippen MR) is 130 cm³/mol. The van der Waals surface area contributed by atoms with Gasteiger partial charge in [-0.15, -0.1) is 0 Å². The van der Waals surface area contributed by atoms with Crippen LogP contribution in [0.3, 0.4) is 0 Å². The van der Waals surface area contributed by atoms with Crippen molar-refractivity contribution in [1.29, 1.82) is 0 Å². The van der Waals surface area contributed by atoms with Gasteiger partial charge >= 0.3 is 170 Å². The van der Waals surface area contributed by atoms with Crippen molar-refractivity contribution < 1.29 is 0 Å². The van der Waals surface area contributed by atoms with Crippen molar-refractivity contribution in [3.63, 3.8) is 0 Å². The summed E-state index contributed by atoms with van der Waals surface area (Å²) in [5.74, 6) is 0. The number of hydrogen-bond acceptors (Lipinski definition) is 0. The van der Waals surface area contributed by atoms with Crippen LogP contribution in [0.2, 0.25) is 0 Å². The summed E-state index contributed by atoms with van der Waals surface area (Å²) in [5.41, 5.74) is 0. The molecule has 0 nitrogen and oxygen atoms in total. The Hall–Kier alpha value is -2.26. The average molecular weight is 400 g/mol. The van der Waals surface area contributed by atoms with E-state index in [-0.39, 0.29) is 0 Å². The van der Waals surface area contributed by atoms with E-state index in [0.29, 0.717) is 0 Å². The summed E-state index contributed by atoms with van der Waals surface area (Å²) in [7, 11) is -0.512. The maximum absolute atomic E-state index is 2.40. The number of hydrogen-bond donors (Lipinski definition) is 0. The number of benzene rings is 4. The van der Waals surface area contributed by atoms with Crippen molar-refractivity contribution in [2.24, 2.45) is 0 Å². The molecule has 0 fully saturated rings. The Labute approximate surface area is 170 Å². The van der Waals surface area contributed by atoms with Crippen LogP contribution in [0.25, 0.3) is 0 Å². The Morgan fingerprint density at radius 2 is 0.821 bits per heavy atom. The van der Waals surface area contributed by atoms with Gasteiger partial charge in [-0.2, -0.15) is 0 Å². The summed E-state index contributed by atoms with van der Waals surface area (Å²) in [5, 5.41) is 6.01. The first-order chi connectivity index (χ1) is 13.9. The van der Waals surface area contributed by atoms with Crippen molar-refractivity contribution >= 4 is 35.8 Å². The van der Waals surface area contributed by atoms with Gasteiger partial charge in [0.05, 0.1) is 0 Å². The van der Waals surface area contributed by atoms with Crippen LogP contribution in [-0.4, -0.2) is 6.16 Å². The van der Waals surface area contributed by atoms with Gasteiger partial charge in [0.2, 0.25) is 0 Å². The van der Waals surface area contributed by atoms with Gasteiger partial charge in [-0.05, 0) is 0 Å².